The molecule has 196 valence electrons. The second-order valence-electron chi connectivity index (χ2n) is 8.86. The highest BCUT2D eigenvalue weighted by Crippen LogP contribution is 2.51. The molecule has 5 rings (SSSR count). The van der Waals surface area contributed by atoms with Gasteiger partial charge in [0.1, 0.15) is 11.5 Å². The van der Waals surface area contributed by atoms with Crippen molar-refractivity contribution in [3.8, 4) is 28.4 Å². The van der Waals surface area contributed by atoms with Crippen molar-refractivity contribution in [3.05, 3.63) is 71.8 Å². The van der Waals surface area contributed by atoms with Crippen LogP contribution in [-0.4, -0.2) is 34.4 Å². The van der Waals surface area contributed by atoms with E-state index in [0.29, 0.717) is 35.5 Å². The Morgan fingerprint density at radius 3 is 2.38 bits per heavy atom. The molecule has 0 unspecified atom stereocenters. The van der Waals surface area contributed by atoms with Crippen molar-refractivity contribution in [1.82, 2.24) is 4.72 Å². The predicted octanol–water partition coefficient (Wildman–Crippen LogP) is 4.98. The number of fused-ring (bicyclic) bond motifs is 1. The molecule has 3 aromatic rings. The molecule has 1 saturated carbocycles. The van der Waals surface area contributed by atoms with Gasteiger partial charge >= 0.3 is 6.36 Å². The highest BCUT2D eigenvalue weighted by Gasteiger charge is 2.50. The topological polar surface area (TPSA) is 90.9 Å². The quantitative estimate of drug-likeness (QED) is 0.438. The fourth-order valence-corrected chi connectivity index (χ4v) is 5.19. The van der Waals surface area contributed by atoms with Crippen LogP contribution in [0.5, 0.6) is 17.2 Å². The average molecular weight is 536 g/mol. The molecule has 7 nitrogen and oxygen atoms in total. The van der Waals surface area contributed by atoms with Gasteiger partial charge in [0.25, 0.3) is 0 Å². The van der Waals surface area contributed by atoms with E-state index in [1.807, 2.05) is 6.07 Å². The highest BCUT2D eigenvalue weighted by molar-refractivity contribution is 7.89. The highest BCUT2D eigenvalue weighted by atomic mass is 32.2. The van der Waals surface area contributed by atoms with Gasteiger partial charge in [-0.05, 0) is 73.0 Å². The smallest absolute Gasteiger partial charge is 0.454 e. The molecule has 0 amide bonds. The maximum Gasteiger partial charge on any atom is 0.573 e. The molecule has 11 heteroatoms. The van der Waals surface area contributed by atoms with Gasteiger partial charge in [-0.15, -0.1) is 13.2 Å². The molecule has 0 saturated heterocycles. The van der Waals surface area contributed by atoms with E-state index in [1.165, 1.54) is 49.5 Å². The number of benzene rings is 3. The zero-order chi connectivity index (χ0) is 26.4. The van der Waals surface area contributed by atoms with Crippen molar-refractivity contribution in [1.29, 1.82) is 0 Å². The summed E-state index contributed by atoms with van der Waals surface area (Å²) >= 11 is 0. The van der Waals surface area contributed by atoms with E-state index in [-0.39, 0.29) is 30.9 Å². The van der Waals surface area contributed by atoms with Crippen molar-refractivity contribution >= 4 is 15.8 Å². The molecule has 0 atom stereocenters. The van der Waals surface area contributed by atoms with Crippen molar-refractivity contribution in [2.24, 2.45) is 0 Å². The Kier molecular flexibility index (Phi) is 6.15. The third-order valence-electron chi connectivity index (χ3n) is 6.59. The molecule has 1 fully saturated rings. The zero-order valence-electron chi connectivity index (χ0n) is 19.6. The number of nitrogens with one attached hydrogen (secondary N) is 1. The number of alkyl halides is 3. The van der Waals surface area contributed by atoms with Crippen LogP contribution in [0.1, 0.15) is 25.4 Å². The van der Waals surface area contributed by atoms with Gasteiger partial charge in [0.05, 0.1) is 10.3 Å². The summed E-state index contributed by atoms with van der Waals surface area (Å²) in [7, 11) is -2.46. The normalized spacial score (nSPS) is 15.9. The second-order valence-corrected chi connectivity index (χ2v) is 10.7. The maximum absolute atomic E-state index is 13.4. The number of ether oxygens (including phenoxy) is 3. The molecule has 0 spiro atoms. The van der Waals surface area contributed by atoms with Crippen LogP contribution < -0.4 is 18.9 Å². The SMILES string of the molecule is CNS(=O)(=O)c1ccc(-c2cc(CC(=O)C3(c4ccc5c(c4)OCO5)CC3)ccc2OC(F)(F)F)cc1.[HH]. The number of carbonyl (C=O) groups is 1. The van der Waals surface area contributed by atoms with Crippen LogP contribution in [-0.2, 0) is 26.7 Å². The second kappa shape index (κ2) is 9.07. The summed E-state index contributed by atoms with van der Waals surface area (Å²) in [6.45, 7) is 0.122. The van der Waals surface area contributed by atoms with Crippen LogP contribution in [0.15, 0.2) is 65.6 Å². The summed E-state index contributed by atoms with van der Waals surface area (Å²) in [5, 5.41) is 0. The number of rotatable bonds is 8. The van der Waals surface area contributed by atoms with E-state index < -0.39 is 27.6 Å². The van der Waals surface area contributed by atoms with E-state index in [0.717, 1.165) is 5.56 Å². The Bertz CT molecular complexity index is 1470. The Balaban J connectivity index is 0.00000336. The molecule has 1 aliphatic carbocycles. The van der Waals surface area contributed by atoms with Crippen LogP contribution in [0, 0.1) is 0 Å². The minimum atomic E-state index is -4.93. The van der Waals surface area contributed by atoms with Crippen LogP contribution in [0.2, 0.25) is 0 Å². The number of halogens is 3. The number of carbonyl (C=O) groups excluding carboxylic acids is 1. The van der Waals surface area contributed by atoms with Gasteiger partial charge in [-0.25, -0.2) is 13.1 Å². The minimum Gasteiger partial charge on any atom is -0.454 e. The standard InChI is InChI=1S/C26H22F3NO6S.H2/c1-30-37(32,33)19-6-3-17(4-7-19)20-12-16(2-8-21(20)36-26(27,28)29)13-24(31)25(10-11-25)18-5-9-22-23(14-18)35-15-34-22;/h2-9,12,14,30H,10-11,13,15H2,1H3;1H. The van der Waals surface area contributed by atoms with Crippen molar-refractivity contribution < 1.29 is 42.0 Å². The first-order valence-corrected chi connectivity index (χ1v) is 12.9. The summed E-state index contributed by atoms with van der Waals surface area (Å²) in [4.78, 5) is 13.4. The zero-order valence-corrected chi connectivity index (χ0v) is 20.4. The molecule has 1 heterocycles. The van der Waals surface area contributed by atoms with Gasteiger partial charge in [0, 0.05) is 13.4 Å². The number of hydrogen-bond donors (Lipinski definition) is 1. The first kappa shape index (κ1) is 25.1. The van der Waals surface area contributed by atoms with Crippen molar-refractivity contribution in [2.75, 3.05) is 13.8 Å². The predicted molar refractivity (Wildman–Crippen MR) is 129 cm³/mol. The molecule has 0 aromatic heterocycles. The van der Waals surface area contributed by atoms with Crippen LogP contribution in [0.25, 0.3) is 11.1 Å². The molecular weight excluding hydrogens is 511 g/mol. The van der Waals surface area contributed by atoms with E-state index in [1.54, 1.807) is 12.1 Å². The average Bonchev–Trinajstić information content (AvgIpc) is 3.55. The summed E-state index contributed by atoms with van der Waals surface area (Å²) in [5.74, 6) is 0.684. The summed E-state index contributed by atoms with van der Waals surface area (Å²) in [6, 6.07) is 14.8. The fourth-order valence-electron chi connectivity index (χ4n) is 4.46. The Labute approximate surface area is 212 Å². The number of ketones is 1. The van der Waals surface area contributed by atoms with Crippen LogP contribution >= 0.6 is 0 Å². The molecule has 1 aliphatic heterocycles. The molecule has 0 bridgehead atoms. The van der Waals surface area contributed by atoms with Gasteiger partial charge in [-0.2, -0.15) is 0 Å². The van der Waals surface area contributed by atoms with Gasteiger partial charge in [-0.3, -0.25) is 4.79 Å². The Morgan fingerprint density at radius 1 is 1.03 bits per heavy atom. The van der Waals surface area contributed by atoms with Gasteiger partial charge in [0.2, 0.25) is 16.8 Å². The molecule has 2 aliphatic rings. The van der Waals surface area contributed by atoms with Gasteiger partial charge in [-0.1, -0.05) is 24.3 Å². The largest absolute Gasteiger partial charge is 0.573 e. The molecule has 0 radical (unpaired) electrons. The van der Waals surface area contributed by atoms with Crippen LogP contribution in [0.3, 0.4) is 0 Å². The minimum absolute atomic E-state index is 0. The number of hydrogen-bond acceptors (Lipinski definition) is 6. The molecule has 37 heavy (non-hydrogen) atoms. The lowest BCUT2D eigenvalue weighted by molar-refractivity contribution is -0.274. The fraction of sp³-hybridized carbons (Fsp3) is 0.269. The lowest BCUT2D eigenvalue weighted by Gasteiger charge is -2.17. The van der Waals surface area contributed by atoms with E-state index in [2.05, 4.69) is 9.46 Å². The summed E-state index contributed by atoms with van der Waals surface area (Å²) in [6.07, 6.45) is -3.61. The number of Topliss-reactive ketones (excluding diaryl/α,β-unsaturated/α-hetero) is 1. The maximum atomic E-state index is 13.4. The molecule has 3 aromatic carbocycles. The first-order valence-electron chi connectivity index (χ1n) is 11.4. The lowest BCUT2D eigenvalue weighted by atomic mass is 9.87. The van der Waals surface area contributed by atoms with Crippen molar-refractivity contribution in [2.45, 2.75) is 35.9 Å². The Hall–Kier alpha value is -3.57. The van der Waals surface area contributed by atoms with E-state index in [9.17, 15) is 26.4 Å². The van der Waals surface area contributed by atoms with Gasteiger partial charge in [0.15, 0.2) is 11.5 Å². The Morgan fingerprint density at radius 2 is 1.73 bits per heavy atom. The van der Waals surface area contributed by atoms with Gasteiger partial charge < -0.3 is 14.2 Å². The molecular formula is C26H24F3NO6S. The summed E-state index contributed by atoms with van der Waals surface area (Å²) < 4.78 is 80.4. The van der Waals surface area contributed by atoms with Crippen LogP contribution in [0.4, 0.5) is 13.2 Å². The lowest BCUT2D eigenvalue weighted by Crippen LogP contribution is -2.22. The summed E-state index contributed by atoms with van der Waals surface area (Å²) in [5.41, 5.74) is 1.05. The monoisotopic (exact) mass is 535 g/mol. The van der Waals surface area contributed by atoms with E-state index in [4.69, 9.17) is 9.47 Å². The third kappa shape index (κ3) is 5.01. The third-order valence-corrected chi connectivity index (χ3v) is 8.02. The first-order chi connectivity index (χ1) is 17.5. The number of sulfonamides is 1. The molecule has 1 N–H and O–H groups in total. The van der Waals surface area contributed by atoms with Crippen molar-refractivity contribution in [3.63, 3.8) is 0 Å². The van der Waals surface area contributed by atoms with E-state index >= 15 is 0 Å².